The Balaban J connectivity index is 1.43. The second-order valence-corrected chi connectivity index (χ2v) is 11.4. The largest absolute Gasteiger partial charge is 0.354 e. The monoisotopic (exact) mass is 514 g/mol. The maximum atomic E-state index is 13.2. The maximum Gasteiger partial charge on any atom is 0.276 e. The van der Waals surface area contributed by atoms with Crippen LogP contribution in [0.3, 0.4) is 0 Å². The zero-order chi connectivity index (χ0) is 24.7. The van der Waals surface area contributed by atoms with Crippen LogP contribution >= 0.6 is 22.7 Å². The van der Waals surface area contributed by atoms with Crippen molar-refractivity contribution in [2.75, 3.05) is 31.4 Å². The average Bonchev–Trinajstić information content (AvgIpc) is 3.23. The number of hydrogen-bond donors (Lipinski definition) is 3. The van der Waals surface area contributed by atoms with Crippen molar-refractivity contribution in [3.8, 4) is 0 Å². The van der Waals surface area contributed by atoms with Gasteiger partial charge in [-0.15, -0.1) is 22.7 Å². The van der Waals surface area contributed by atoms with Gasteiger partial charge in [0, 0.05) is 44.0 Å². The van der Waals surface area contributed by atoms with E-state index < -0.39 is 5.91 Å². The van der Waals surface area contributed by atoms with Gasteiger partial charge in [0.05, 0.1) is 10.4 Å². The molecule has 2 aliphatic rings. The maximum absolute atomic E-state index is 13.2. The van der Waals surface area contributed by atoms with Gasteiger partial charge in [0.15, 0.2) is 5.13 Å². The summed E-state index contributed by atoms with van der Waals surface area (Å²) in [6, 6.07) is 2.20. The number of aromatic amines is 1. The van der Waals surface area contributed by atoms with E-state index in [4.69, 9.17) is 0 Å². The zero-order valence-corrected chi connectivity index (χ0v) is 21.8. The third-order valence-corrected chi connectivity index (χ3v) is 8.68. The molecular weight excluding hydrogens is 484 g/mol. The highest BCUT2D eigenvalue weighted by molar-refractivity contribution is 7.20. The summed E-state index contributed by atoms with van der Waals surface area (Å²) in [5.74, 6) is -0.339. The van der Waals surface area contributed by atoms with Gasteiger partial charge < -0.3 is 25.4 Å². The number of thiophene rings is 1. The van der Waals surface area contributed by atoms with Gasteiger partial charge in [-0.1, -0.05) is 19.3 Å². The number of H-pyrrole nitrogens is 1. The molecule has 11 heteroatoms. The number of carbonyl (C=O) groups excluding carboxylic acids is 3. The molecule has 0 aliphatic heterocycles. The minimum absolute atomic E-state index is 0.0238. The van der Waals surface area contributed by atoms with Crippen LogP contribution in [-0.2, 0) is 0 Å². The Morgan fingerprint density at radius 1 is 1.06 bits per heavy atom. The second-order valence-electron chi connectivity index (χ2n) is 9.55. The fourth-order valence-corrected chi connectivity index (χ4v) is 6.25. The first kappa shape index (κ1) is 23.8. The van der Waals surface area contributed by atoms with Crippen LogP contribution in [0.25, 0.3) is 10.2 Å². The van der Waals surface area contributed by atoms with Crippen LogP contribution in [0.5, 0.6) is 0 Å². The summed E-state index contributed by atoms with van der Waals surface area (Å²) < 4.78 is 0. The van der Waals surface area contributed by atoms with E-state index in [1.807, 2.05) is 30.9 Å². The Labute approximate surface area is 211 Å². The van der Waals surface area contributed by atoms with Crippen molar-refractivity contribution < 1.29 is 14.4 Å². The van der Waals surface area contributed by atoms with Gasteiger partial charge in [-0.05, 0) is 31.7 Å². The number of rotatable bonds is 7. The molecule has 3 aromatic rings. The second kappa shape index (κ2) is 9.62. The normalized spacial score (nSPS) is 16.3. The molecule has 3 heterocycles. The summed E-state index contributed by atoms with van der Waals surface area (Å²) in [5, 5.41) is 8.91. The summed E-state index contributed by atoms with van der Waals surface area (Å²) in [5.41, 5.74) is 0.647. The van der Waals surface area contributed by atoms with Crippen molar-refractivity contribution in [3.05, 3.63) is 27.6 Å². The topological polar surface area (TPSA) is 110 Å². The number of thiazole rings is 1. The first-order valence-corrected chi connectivity index (χ1v) is 13.7. The molecule has 3 N–H and O–H groups in total. The molecule has 3 amide bonds. The standard InChI is InChI=1S/C24H30N6O3S2/c1-29(2)24-26-16(12-34-24)20(31)27-19-18(21(32)25-13-9-10-13)15-11-17(35-22(15)28-19)23(33)30(3)14-7-5-4-6-8-14/h11-14,28H,4-10H2,1-3H3,(H,25,32)(H,27,31). The van der Waals surface area contributed by atoms with E-state index in [1.165, 1.54) is 29.1 Å². The Morgan fingerprint density at radius 2 is 1.80 bits per heavy atom. The Hall–Kier alpha value is -2.92. The van der Waals surface area contributed by atoms with E-state index in [0.717, 1.165) is 43.7 Å². The Bertz CT molecular complexity index is 1270. The van der Waals surface area contributed by atoms with E-state index in [2.05, 4.69) is 20.6 Å². The molecule has 0 saturated heterocycles. The number of fused-ring (bicyclic) bond motifs is 1. The van der Waals surface area contributed by atoms with Crippen LogP contribution in [0.4, 0.5) is 10.9 Å². The molecule has 0 bridgehead atoms. The molecule has 0 aromatic carbocycles. The smallest absolute Gasteiger partial charge is 0.276 e. The van der Waals surface area contributed by atoms with Crippen LogP contribution in [0.15, 0.2) is 11.4 Å². The van der Waals surface area contributed by atoms with Gasteiger partial charge in [-0.2, -0.15) is 0 Å². The minimum atomic E-state index is -0.392. The van der Waals surface area contributed by atoms with E-state index in [9.17, 15) is 14.4 Å². The van der Waals surface area contributed by atoms with Crippen molar-refractivity contribution in [2.45, 2.75) is 57.0 Å². The molecule has 2 aliphatic carbocycles. The lowest BCUT2D eigenvalue weighted by molar-refractivity contribution is 0.0700. The highest BCUT2D eigenvalue weighted by atomic mass is 32.1. The quantitative estimate of drug-likeness (QED) is 0.435. The van der Waals surface area contributed by atoms with Gasteiger partial charge in [0.25, 0.3) is 17.7 Å². The van der Waals surface area contributed by atoms with Crippen LogP contribution in [-0.4, -0.2) is 65.8 Å². The molecule has 2 fully saturated rings. The van der Waals surface area contributed by atoms with Crippen LogP contribution in [0, 0.1) is 0 Å². The van der Waals surface area contributed by atoms with E-state index in [0.29, 0.717) is 26.5 Å². The lowest BCUT2D eigenvalue weighted by Gasteiger charge is -2.30. The molecule has 0 spiro atoms. The fourth-order valence-electron chi connectivity index (χ4n) is 4.46. The summed E-state index contributed by atoms with van der Waals surface area (Å²) in [7, 11) is 5.60. The number of hydrogen-bond acceptors (Lipinski definition) is 7. The molecule has 0 atom stereocenters. The lowest BCUT2D eigenvalue weighted by Crippen LogP contribution is -2.37. The van der Waals surface area contributed by atoms with E-state index in [1.54, 1.807) is 11.4 Å². The van der Waals surface area contributed by atoms with Crippen molar-refractivity contribution in [3.63, 3.8) is 0 Å². The van der Waals surface area contributed by atoms with Crippen LogP contribution in [0.1, 0.15) is 75.5 Å². The van der Waals surface area contributed by atoms with E-state index >= 15 is 0 Å². The average molecular weight is 515 g/mol. The van der Waals surface area contributed by atoms with Crippen molar-refractivity contribution >= 4 is 61.6 Å². The number of nitrogens with zero attached hydrogens (tertiary/aromatic N) is 3. The number of amides is 3. The van der Waals surface area contributed by atoms with Crippen molar-refractivity contribution in [2.24, 2.45) is 0 Å². The zero-order valence-electron chi connectivity index (χ0n) is 20.1. The van der Waals surface area contributed by atoms with Gasteiger partial charge >= 0.3 is 0 Å². The van der Waals surface area contributed by atoms with Gasteiger partial charge in [-0.3, -0.25) is 14.4 Å². The number of anilines is 2. The molecule has 5 rings (SSSR count). The summed E-state index contributed by atoms with van der Waals surface area (Å²) >= 11 is 2.69. The number of carbonyl (C=O) groups is 3. The predicted octanol–water partition coefficient (Wildman–Crippen LogP) is 4.30. The Morgan fingerprint density at radius 3 is 2.46 bits per heavy atom. The molecule has 9 nitrogen and oxygen atoms in total. The third kappa shape index (κ3) is 4.92. The number of aromatic nitrogens is 2. The molecule has 0 unspecified atom stereocenters. The van der Waals surface area contributed by atoms with Gasteiger partial charge in [-0.25, -0.2) is 4.98 Å². The summed E-state index contributed by atoms with van der Waals surface area (Å²) in [4.78, 5) is 51.8. The highest BCUT2D eigenvalue weighted by Crippen LogP contribution is 2.35. The molecular formula is C24H30N6O3S2. The third-order valence-electron chi connectivity index (χ3n) is 6.63. The predicted molar refractivity (Wildman–Crippen MR) is 140 cm³/mol. The highest BCUT2D eigenvalue weighted by Gasteiger charge is 2.30. The lowest BCUT2D eigenvalue weighted by atomic mass is 9.94. The first-order valence-electron chi connectivity index (χ1n) is 12.0. The van der Waals surface area contributed by atoms with Gasteiger partial charge in [0.1, 0.15) is 16.3 Å². The molecule has 35 heavy (non-hydrogen) atoms. The molecule has 2 saturated carbocycles. The van der Waals surface area contributed by atoms with Crippen LogP contribution < -0.4 is 15.5 Å². The summed E-state index contributed by atoms with van der Waals surface area (Å²) in [6.45, 7) is 0. The first-order chi connectivity index (χ1) is 16.8. The summed E-state index contributed by atoms with van der Waals surface area (Å²) in [6.07, 6.45) is 7.49. The molecule has 3 aromatic heterocycles. The van der Waals surface area contributed by atoms with Crippen molar-refractivity contribution in [1.29, 1.82) is 0 Å². The molecule has 0 radical (unpaired) electrons. The molecule has 186 valence electrons. The minimum Gasteiger partial charge on any atom is -0.354 e. The van der Waals surface area contributed by atoms with Gasteiger partial charge in [0.2, 0.25) is 0 Å². The van der Waals surface area contributed by atoms with Crippen LogP contribution in [0.2, 0.25) is 0 Å². The SMILES string of the molecule is CN(C)c1nc(C(=O)Nc2[nH]c3sc(C(=O)N(C)C4CCCCC4)cc3c2C(=O)NC2CC2)cs1. The Kier molecular flexibility index (Phi) is 6.54. The van der Waals surface area contributed by atoms with E-state index in [-0.39, 0.29) is 29.6 Å². The number of nitrogens with one attached hydrogen (secondary N) is 3. The van der Waals surface area contributed by atoms with Crippen molar-refractivity contribution in [1.82, 2.24) is 20.2 Å². The fraction of sp³-hybridized carbons (Fsp3) is 0.500.